The number of aliphatic hydroxyl groups excluding tert-OH is 1. The van der Waals surface area contributed by atoms with Gasteiger partial charge in [0.15, 0.2) is 0 Å². The van der Waals surface area contributed by atoms with Crippen LogP contribution in [0.15, 0.2) is 48.8 Å². The number of hydrogen-bond donors (Lipinski definition) is 3. The maximum atomic E-state index is 12.6. The summed E-state index contributed by atoms with van der Waals surface area (Å²) in [5.74, 6) is -0.578. The molecule has 3 N–H and O–H groups in total. The summed E-state index contributed by atoms with van der Waals surface area (Å²) < 4.78 is 0. The minimum Gasteiger partial charge on any atom is -0.387 e. The van der Waals surface area contributed by atoms with Crippen molar-refractivity contribution in [3.8, 4) is 0 Å². The molecule has 3 aromatic rings. The Balaban J connectivity index is 1.55. The lowest BCUT2D eigenvalue weighted by molar-refractivity contribution is -0.137. The van der Waals surface area contributed by atoms with Crippen molar-refractivity contribution in [2.75, 3.05) is 19.7 Å². The van der Waals surface area contributed by atoms with Crippen LogP contribution in [0.25, 0.3) is 10.9 Å². The van der Waals surface area contributed by atoms with Crippen LogP contribution in [0.5, 0.6) is 0 Å². The van der Waals surface area contributed by atoms with Gasteiger partial charge in [-0.3, -0.25) is 14.6 Å². The summed E-state index contributed by atoms with van der Waals surface area (Å²) in [5.41, 5.74) is 3.46. The average Bonchev–Trinajstić information content (AvgIpc) is 3.15. The van der Waals surface area contributed by atoms with E-state index in [0.29, 0.717) is 12.2 Å². The zero-order valence-electron chi connectivity index (χ0n) is 14.7. The van der Waals surface area contributed by atoms with Crippen LogP contribution >= 0.6 is 0 Å². The smallest absolute Gasteiger partial charge is 0.267 e. The van der Waals surface area contributed by atoms with Crippen LogP contribution in [0.1, 0.15) is 27.7 Å². The van der Waals surface area contributed by atoms with Crippen molar-refractivity contribution in [1.29, 1.82) is 0 Å². The lowest BCUT2D eigenvalue weighted by Gasteiger charge is -2.37. The maximum Gasteiger partial charge on any atom is 0.267 e. The van der Waals surface area contributed by atoms with Gasteiger partial charge >= 0.3 is 0 Å². The molecule has 0 aliphatic carbocycles. The van der Waals surface area contributed by atoms with E-state index in [9.17, 15) is 14.7 Å². The summed E-state index contributed by atoms with van der Waals surface area (Å²) in [4.78, 5) is 33.5. The standard InChI is InChI=1S/C20H20N4O3/c25-12-19(26)24-8-6-13-3-1-2-4-15(13)18(24)11-22-20(27)17-9-14-10-21-7-5-16(14)23-17/h1-5,7,9-10,18,23,25H,6,8,11-12H2,(H,22,27). The first-order valence-electron chi connectivity index (χ1n) is 8.86. The molecule has 1 aliphatic heterocycles. The van der Waals surface area contributed by atoms with E-state index in [1.807, 2.05) is 30.3 Å². The molecule has 0 bridgehead atoms. The van der Waals surface area contributed by atoms with Gasteiger partial charge in [0.2, 0.25) is 5.91 Å². The first-order valence-corrected chi connectivity index (χ1v) is 8.86. The van der Waals surface area contributed by atoms with Gasteiger partial charge < -0.3 is 20.3 Å². The highest BCUT2D eigenvalue weighted by Crippen LogP contribution is 2.29. The molecule has 0 spiro atoms. The van der Waals surface area contributed by atoms with Crippen molar-refractivity contribution in [2.24, 2.45) is 0 Å². The molecule has 1 aromatic carbocycles. The molecule has 1 aliphatic rings. The van der Waals surface area contributed by atoms with Crippen LogP contribution in [0.2, 0.25) is 0 Å². The number of rotatable bonds is 4. The first-order chi connectivity index (χ1) is 13.2. The molecule has 27 heavy (non-hydrogen) atoms. The zero-order chi connectivity index (χ0) is 18.8. The van der Waals surface area contributed by atoms with E-state index in [4.69, 9.17) is 0 Å². The predicted molar refractivity (Wildman–Crippen MR) is 100 cm³/mol. The summed E-state index contributed by atoms with van der Waals surface area (Å²) in [5, 5.41) is 13.1. The van der Waals surface area contributed by atoms with E-state index < -0.39 is 6.61 Å². The summed E-state index contributed by atoms with van der Waals surface area (Å²) in [6, 6.07) is 11.2. The normalized spacial score (nSPS) is 16.2. The van der Waals surface area contributed by atoms with Gasteiger partial charge in [-0.1, -0.05) is 24.3 Å². The molecule has 138 valence electrons. The Morgan fingerprint density at radius 1 is 1.30 bits per heavy atom. The SMILES string of the molecule is O=C(NCC1c2ccccc2CCN1C(=O)CO)c1cc2cnccc2[nH]1. The second-order valence-electron chi connectivity index (χ2n) is 6.57. The molecule has 2 amide bonds. The summed E-state index contributed by atoms with van der Waals surface area (Å²) >= 11 is 0. The molecular weight excluding hydrogens is 344 g/mol. The largest absolute Gasteiger partial charge is 0.387 e. The third-order valence-corrected chi connectivity index (χ3v) is 4.99. The van der Waals surface area contributed by atoms with Gasteiger partial charge in [0.05, 0.1) is 6.04 Å². The van der Waals surface area contributed by atoms with E-state index in [1.54, 1.807) is 23.4 Å². The monoisotopic (exact) mass is 364 g/mol. The topological polar surface area (TPSA) is 98.3 Å². The molecule has 4 rings (SSSR count). The summed E-state index contributed by atoms with van der Waals surface area (Å²) in [7, 11) is 0. The quantitative estimate of drug-likeness (QED) is 0.652. The number of fused-ring (bicyclic) bond motifs is 2. The molecular formula is C20H20N4O3. The van der Waals surface area contributed by atoms with Crippen molar-refractivity contribution in [1.82, 2.24) is 20.2 Å². The van der Waals surface area contributed by atoms with Gasteiger partial charge in [0.1, 0.15) is 12.3 Å². The number of pyridine rings is 1. The number of carbonyl (C=O) groups is 2. The molecule has 0 radical (unpaired) electrons. The van der Waals surface area contributed by atoms with E-state index in [-0.39, 0.29) is 24.4 Å². The molecule has 3 heterocycles. The van der Waals surface area contributed by atoms with Crippen LogP contribution < -0.4 is 5.32 Å². The van der Waals surface area contributed by atoms with Crippen LogP contribution in [0, 0.1) is 0 Å². The Bertz CT molecular complexity index is 965. The first kappa shape index (κ1) is 17.2. The Labute approximate surface area is 156 Å². The second kappa shape index (κ2) is 7.20. The van der Waals surface area contributed by atoms with Crippen molar-refractivity contribution in [3.05, 3.63) is 65.6 Å². The number of aromatic nitrogens is 2. The van der Waals surface area contributed by atoms with Crippen molar-refractivity contribution in [3.63, 3.8) is 0 Å². The van der Waals surface area contributed by atoms with Gasteiger partial charge in [-0.05, 0) is 29.7 Å². The van der Waals surface area contributed by atoms with Gasteiger partial charge in [-0.2, -0.15) is 0 Å². The Morgan fingerprint density at radius 3 is 2.96 bits per heavy atom. The maximum absolute atomic E-state index is 12.6. The number of benzene rings is 1. The highest BCUT2D eigenvalue weighted by Gasteiger charge is 2.30. The molecule has 7 heteroatoms. The van der Waals surface area contributed by atoms with Crippen molar-refractivity contribution >= 4 is 22.7 Å². The number of aromatic amines is 1. The summed E-state index contributed by atoms with van der Waals surface area (Å²) in [6.07, 6.45) is 4.10. The van der Waals surface area contributed by atoms with E-state index in [1.165, 1.54) is 0 Å². The Morgan fingerprint density at radius 2 is 2.15 bits per heavy atom. The van der Waals surface area contributed by atoms with Crippen LogP contribution in [0.3, 0.4) is 0 Å². The predicted octanol–water partition coefficient (Wildman–Crippen LogP) is 1.41. The second-order valence-corrected chi connectivity index (χ2v) is 6.57. The van der Waals surface area contributed by atoms with Crippen LogP contribution in [-0.2, 0) is 11.2 Å². The minimum absolute atomic E-state index is 0.245. The van der Waals surface area contributed by atoms with Crippen LogP contribution in [-0.4, -0.2) is 51.5 Å². The fourth-order valence-electron chi connectivity index (χ4n) is 3.64. The van der Waals surface area contributed by atoms with Gasteiger partial charge in [-0.15, -0.1) is 0 Å². The number of aliphatic hydroxyl groups is 1. The molecule has 2 aromatic heterocycles. The number of carbonyl (C=O) groups excluding carboxylic acids is 2. The third-order valence-electron chi connectivity index (χ3n) is 4.99. The Hall–Kier alpha value is -3.19. The van der Waals surface area contributed by atoms with Crippen molar-refractivity contribution in [2.45, 2.75) is 12.5 Å². The minimum atomic E-state index is -0.540. The van der Waals surface area contributed by atoms with E-state index >= 15 is 0 Å². The fraction of sp³-hybridized carbons (Fsp3) is 0.250. The number of nitrogens with one attached hydrogen (secondary N) is 2. The zero-order valence-corrected chi connectivity index (χ0v) is 14.7. The molecule has 0 saturated carbocycles. The number of amides is 2. The number of hydrogen-bond acceptors (Lipinski definition) is 4. The molecule has 7 nitrogen and oxygen atoms in total. The number of H-pyrrole nitrogens is 1. The molecule has 1 atom stereocenters. The molecule has 0 fully saturated rings. The lowest BCUT2D eigenvalue weighted by Crippen LogP contribution is -2.46. The Kier molecular flexibility index (Phi) is 4.60. The van der Waals surface area contributed by atoms with Gasteiger partial charge in [-0.25, -0.2) is 0 Å². The van der Waals surface area contributed by atoms with Crippen molar-refractivity contribution < 1.29 is 14.7 Å². The van der Waals surface area contributed by atoms with E-state index in [2.05, 4.69) is 15.3 Å². The van der Waals surface area contributed by atoms with Crippen LogP contribution in [0.4, 0.5) is 0 Å². The molecule has 0 saturated heterocycles. The highest BCUT2D eigenvalue weighted by atomic mass is 16.3. The third kappa shape index (κ3) is 3.29. The van der Waals surface area contributed by atoms with Gasteiger partial charge in [0, 0.05) is 36.4 Å². The van der Waals surface area contributed by atoms with E-state index in [0.717, 1.165) is 28.5 Å². The molecule has 1 unspecified atom stereocenters. The van der Waals surface area contributed by atoms with Gasteiger partial charge in [0.25, 0.3) is 5.91 Å². The fourth-order valence-corrected chi connectivity index (χ4v) is 3.64. The summed E-state index contributed by atoms with van der Waals surface area (Å²) in [6.45, 7) is 0.256. The lowest BCUT2D eigenvalue weighted by atomic mass is 9.92. The number of nitrogens with zero attached hydrogens (tertiary/aromatic N) is 2. The average molecular weight is 364 g/mol. The highest BCUT2D eigenvalue weighted by molar-refractivity contribution is 5.97.